The van der Waals surface area contributed by atoms with E-state index in [2.05, 4.69) is 83.7 Å². The van der Waals surface area contributed by atoms with E-state index in [-0.39, 0.29) is 6.04 Å². The molecular weight excluding hydrogens is 314 g/mol. The Labute approximate surface area is 149 Å². The summed E-state index contributed by atoms with van der Waals surface area (Å²) in [6.45, 7) is 6.01. The van der Waals surface area contributed by atoms with Gasteiger partial charge in [-0.05, 0) is 25.0 Å². The van der Waals surface area contributed by atoms with Crippen molar-refractivity contribution >= 4 is 12.0 Å². The van der Waals surface area contributed by atoms with Gasteiger partial charge in [0.25, 0.3) is 0 Å². The lowest BCUT2D eigenvalue weighted by Crippen LogP contribution is -2.43. The van der Waals surface area contributed by atoms with Crippen LogP contribution in [0.15, 0.2) is 60.7 Å². The molecule has 0 aliphatic rings. The Morgan fingerprint density at radius 1 is 0.880 bits per heavy atom. The summed E-state index contributed by atoms with van der Waals surface area (Å²) in [6, 6.07) is 20.0. The number of nitrogens with one attached hydrogen (secondary N) is 1. The number of carbonyl (C=O) groups is 1. The molecule has 2 aromatic rings. The molecule has 0 aliphatic carbocycles. The second-order valence-electron chi connectivity index (χ2n) is 5.36. The summed E-state index contributed by atoms with van der Waals surface area (Å²) < 4.78 is 2.12. The number of primary amides is 2. The molecule has 0 spiro atoms. The van der Waals surface area contributed by atoms with Gasteiger partial charge in [-0.2, -0.15) is 0 Å². The summed E-state index contributed by atoms with van der Waals surface area (Å²) in [5.41, 5.74) is 17.2. The first-order valence-electron chi connectivity index (χ1n) is 8.28. The maximum absolute atomic E-state index is 9.00. The highest BCUT2D eigenvalue weighted by Gasteiger charge is 2.19. The maximum Gasteiger partial charge on any atom is 0.344 e. The second-order valence-corrected chi connectivity index (χ2v) is 5.36. The molecule has 0 bridgehead atoms. The number of amides is 2. The van der Waals surface area contributed by atoms with Crippen LogP contribution in [0.5, 0.6) is 0 Å². The molecule has 6 heteroatoms. The van der Waals surface area contributed by atoms with Gasteiger partial charge in [-0.25, -0.2) is 4.79 Å². The smallest absolute Gasteiger partial charge is 0.344 e. The molecule has 2 rings (SSSR count). The fraction of sp³-hybridized carbons (Fsp3) is 0.263. The predicted octanol–water partition coefficient (Wildman–Crippen LogP) is 1.76. The average molecular weight is 342 g/mol. The molecule has 7 N–H and O–H groups in total. The number of nitrogens with zero attached hydrogens (tertiary/aromatic N) is 1. The first kappa shape index (κ1) is 20.0. The molecule has 0 aromatic heterocycles. The zero-order chi connectivity index (χ0) is 18.7. The van der Waals surface area contributed by atoms with E-state index in [4.69, 9.17) is 10.5 Å². The average Bonchev–Trinajstić information content (AvgIpc) is 2.62. The Bertz CT molecular complexity index is 621. The van der Waals surface area contributed by atoms with Crippen molar-refractivity contribution in [3.05, 3.63) is 71.8 Å². The quantitative estimate of drug-likeness (QED) is 0.377. The molecule has 0 radical (unpaired) electrons. The lowest BCUT2D eigenvalue weighted by molar-refractivity contribution is -0.523. The van der Waals surface area contributed by atoms with Crippen molar-refractivity contribution in [2.75, 3.05) is 13.1 Å². The van der Waals surface area contributed by atoms with Crippen LogP contribution in [-0.4, -0.2) is 29.7 Å². The van der Waals surface area contributed by atoms with Crippen LogP contribution in [0.4, 0.5) is 4.79 Å². The van der Waals surface area contributed by atoms with Gasteiger partial charge in [0.15, 0.2) is 0 Å². The normalized spacial score (nSPS) is 9.72. The van der Waals surface area contributed by atoms with Crippen LogP contribution in [0.25, 0.3) is 0 Å². The number of rotatable bonds is 5. The molecular formula is C19H28N5O+. The van der Waals surface area contributed by atoms with Crippen LogP contribution >= 0.6 is 0 Å². The molecule has 134 valence electrons. The highest BCUT2D eigenvalue weighted by molar-refractivity contribution is 5.74. The van der Waals surface area contributed by atoms with Crippen LogP contribution < -0.4 is 22.5 Å². The summed E-state index contributed by atoms with van der Waals surface area (Å²) in [5, 5.41) is 3.47. The van der Waals surface area contributed by atoms with Crippen molar-refractivity contribution in [1.29, 1.82) is 0 Å². The second kappa shape index (κ2) is 10.7. The Morgan fingerprint density at radius 3 is 1.56 bits per heavy atom. The fourth-order valence-corrected chi connectivity index (χ4v) is 2.45. The minimum Gasteiger partial charge on any atom is -0.352 e. The predicted molar refractivity (Wildman–Crippen MR) is 102 cm³/mol. The lowest BCUT2D eigenvalue weighted by Gasteiger charge is -2.18. The van der Waals surface area contributed by atoms with Crippen molar-refractivity contribution in [3.63, 3.8) is 0 Å². The van der Waals surface area contributed by atoms with E-state index in [1.54, 1.807) is 0 Å². The van der Waals surface area contributed by atoms with Crippen LogP contribution in [0.2, 0.25) is 0 Å². The van der Waals surface area contributed by atoms with E-state index in [0.717, 1.165) is 19.0 Å². The van der Waals surface area contributed by atoms with Gasteiger partial charge >= 0.3 is 12.0 Å². The van der Waals surface area contributed by atoms with E-state index >= 15 is 0 Å². The standard InChI is InChI=1S/C18H23N3.CH4N2O/c1-3-21(4-2)18(19)20-17(15-11-7-5-8-12-15)16-13-9-6-10-14-16;2-1(3)4/h5-14,17H,3-4H2,1-2H3,(H2,19,20);(H4,2,3,4)/p+1. The third-order valence-corrected chi connectivity index (χ3v) is 3.66. The summed E-state index contributed by atoms with van der Waals surface area (Å²) in [4.78, 5) is 9.00. The molecule has 6 nitrogen and oxygen atoms in total. The molecule has 0 aliphatic heterocycles. The molecule has 2 amide bonds. The molecule has 0 fully saturated rings. The molecule has 2 aromatic carbocycles. The first-order valence-corrected chi connectivity index (χ1v) is 8.28. The van der Waals surface area contributed by atoms with Crippen LogP contribution in [0.1, 0.15) is 31.0 Å². The van der Waals surface area contributed by atoms with E-state index in [0.29, 0.717) is 0 Å². The van der Waals surface area contributed by atoms with E-state index in [1.807, 2.05) is 12.1 Å². The Hall–Kier alpha value is -3.02. The molecule has 0 atom stereocenters. The Morgan fingerprint density at radius 2 is 1.24 bits per heavy atom. The Balaban J connectivity index is 0.000000705. The van der Waals surface area contributed by atoms with Crippen molar-refractivity contribution < 1.29 is 9.37 Å². The summed E-state index contributed by atoms with van der Waals surface area (Å²) >= 11 is 0. The van der Waals surface area contributed by atoms with Gasteiger partial charge < -0.3 is 11.5 Å². The molecule has 0 saturated carbocycles. The first-order chi connectivity index (χ1) is 12.0. The van der Waals surface area contributed by atoms with Gasteiger partial charge in [-0.15, -0.1) is 0 Å². The highest BCUT2D eigenvalue weighted by Crippen LogP contribution is 2.21. The van der Waals surface area contributed by atoms with E-state index < -0.39 is 6.03 Å². The number of guanidine groups is 1. The van der Waals surface area contributed by atoms with Gasteiger partial charge in [-0.3, -0.25) is 15.6 Å². The summed E-state index contributed by atoms with van der Waals surface area (Å²) in [7, 11) is 0. The zero-order valence-electron chi connectivity index (χ0n) is 14.9. The highest BCUT2D eigenvalue weighted by atomic mass is 16.2. The van der Waals surface area contributed by atoms with Gasteiger partial charge in [0, 0.05) is 0 Å². The summed E-state index contributed by atoms with van der Waals surface area (Å²) in [6.07, 6.45) is 0. The number of carbonyl (C=O) groups excluding carboxylic acids is 1. The van der Waals surface area contributed by atoms with Gasteiger partial charge in [0.1, 0.15) is 6.04 Å². The minimum absolute atomic E-state index is 0.0630. The summed E-state index contributed by atoms with van der Waals surface area (Å²) in [5.74, 6) is 0.720. The van der Waals surface area contributed by atoms with Crippen LogP contribution in [0.3, 0.4) is 0 Å². The zero-order valence-corrected chi connectivity index (χ0v) is 14.9. The van der Waals surface area contributed by atoms with Crippen molar-refractivity contribution in [2.24, 2.45) is 17.2 Å². The number of benzene rings is 2. The number of nitrogens with two attached hydrogens (primary N) is 3. The van der Waals surface area contributed by atoms with Gasteiger partial charge in [0.2, 0.25) is 0 Å². The van der Waals surface area contributed by atoms with Gasteiger partial charge in [0.05, 0.1) is 13.1 Å². The number of hydrogen-bond acceptors (Lipinski definition) is 1. The topological polar surface area (TPSA) is 110 Å². The third kappa shape index (κ3) is 6.95. The monoisotopic (exact) mass is 342 g/mol. The van der Waals surface area contributed by atoms with Crippen molar-refractivity contribution in [2.45, 2.75) is 19.9 Å². The Kier molecular flexibility index (Phi) is 8.57. The van der Waals surface area contributed by atoms with Crippen LogP contribution in [-0.2, 0) is 0 Å². The van der Waals surface area contributed by atoms with Gasteiger partial charge in [-0.1, -0.05) is 60.7 Å². The molecule has 0 unspecified atom stereocenters. The van der Waals surface area contributed by atoms with Crippen molar-refractivity contribution in [1.82, 2.24) is 5.32 Å². The van der Waals surface area contributed by atoms with Crippen LogP contribution in [0, 0.1) is 0 Å². The molecule has 25 heavy (non-hydrogen) atoms. The maximum atomic E-state index is 9.00. The van der Waals surface area contributed by atoms with Crippen molar-refractivity contribution in [3.8, 4) is 0 Å². The SMILES string of the molecule is CC[N+](CC)=C(N)NC(c1ccccc1)c1ccccc1.NC(N)=O. The molecule has 0 saturated heterocycles. The molecule has 0 heterocycles. The number of urea groups is 1. The number of hydrogen-bond donors (Lipinski definition) is 4. The van der Waals surface area contributed by atoms with E-state index in [9.17, 15) is 0 Å². The minimum atomic E-state index is -0.833. The third-order valence-electron chi connectivity index (χ3n) is 3.66. The fourth-order valence-electron chi connectivity index (χ4n) is 2.45. The lowest BCUT2D eigenvalue weighted by atomic mass is 9.99. The van der Waals surface area contributed by atoms with E-state index in [1.165, 1.54) is 11.1 Å². The largest absolute Gasteiger partial charge is 0.352 e.